The van der Waals surface area contributed by atoms with Crippen molar-refractivity contribution in [2.45, 2.75) is 13.0 Å². The summed E-state index contributed by atoms with van der Waals surface area (Å²) in [6, 6.07) is 3.35. The first kappa shape index (κ1) is 16.2. The Kier molecular flexibility index (Phi) is 5.51. The number of carbonyl (C=O) groups is 2. The Morgan fingerprint density at radius 2 is 2.29 bits per heavy atom. The lowest BCUT2D eigenvalue weighted by molar-refractivity contribution is -0.130. The Morgan fingerprint density at radius 3 is 2.95 bits per heavy atom. The summed E-state index contributed by atoms with van der Waals surface area (Å²) in [6.45, 7) is 3.21. The molecule has 0 aliphatic carbocycles. The Morgan fingerprint density at radius 1 is 1.52 bits per heavy atom. The number of ether oxygens (including phenoxy) is 1. The highest BCUT2D eigenvalue weighted by Gasteiger charge is 2.33. The minimum atomic E-state index is -0.646. The fraction of sp³-hybridized carbons (Fsp3) is 0.429. The maximum Gasteiger partial charge on any atom is 0.255 e. The fourth-order valence-corrected chi connectivity index (χ4v) is 2.88. The Labute approximate surface area is 136 Å². The molecular weight excluding hydrogens is 390 g/mol. The first-order chi connectivity index (χ1) is 10.0. The van der Waals surface area contributed by atoms with Crippen molar-refractivity contribution in [3.63, 3.8) is 0 Å². The summed E-state index contributed by atoms with van der Waals surface area (Å²) in [4.78, 5) is 26.1. The highest BCUT2D eigenvalue weighted by molar-refractivity contribution is 14.1. The van der Waals surface area contributed by atoms with E-state index in [9.17, 15) is 14.0 Å². The Hall–Kier alpha value is -1.22. The molecule has 1 aliphatic rings. The molecule has 0 radical (unpaired) electrons. The summed E-state index contributed by atoms with van der Waals surface area (Å²) in [5.41, 5.74) is 0.396. The molecule has 5 nitrogen and oxygen atoms in total. The average Bonchev–Trinajstić information content (AvgIpc) is 2.47. The highest BCUT2D eigenvalue weighted by Crippen LogP contribution is 2.19. The maximum absolute atomic E-state index is 13.1. The quantitative estimate of drug-likeness (QED) is 0.773. The van der Waals surface area contributed by atoms with E-state index in [2.05, 4.69) is 5.32 Å². The molecule has 1 heterocycles. The second-order valence-corrected chi connectivity index (χ2v) is 5.77. The lowest BCUT2D eigenvalue weighted by Crippen LogP contribution is -2.56. The van der Waals surface area contributed by atoms with Gasteiger partial charge in [-0.3, -0.25) is 9.59 Å². The number of likely N-dealkylation sites (N-methyl/N-ethyl adjacent to an activating group) is 1. The topological polar surface area (TPSA) is 58.6 Å². The van der Waals surface area contributed by atoms with Crippen molar-refractivity contribution in [2.24, 2.45) is 0 Å². The number of nitrogens with one attached hydrogen (secondary N) is 1. The molecule has 1 fully saturated rings. The maximum atomic E-state index is 13.1. The summed E-state index contributed by atoms with van der Waals surface area (Å²) < 4.78 is 19.0. The summed E-state index contributed by atoms with van der Waals surface area (Å²) in [7, 11) is 0. The van der Waals surface area contributed by atoms with Gasteiger partial charge in [-0.25, -0.2) is 4.39 Å². The molecule has 7 heteroatoms. The van der Waals surface area contributed by atoms with Crippen LogP contribution in [0.15, 0.2) is 18.2 Å². The molecule has 114 valence electrons. The van der Waals surface area contributed by atoms with Crippen LogP contribution in [0.5, 0.6) is 0 Å². The third kappa shape index (κ3) is 3.70. The van der Waals surface area contributed by atoms with Crippen LogP contribution in [0, 0.1) is 9.39 Å². The van der Waals surface area contributed by atoms with E-state index in [0.717, 1.165) is 0 Å². The average molecular weight is 406 g/mol. The third-order valence-corrected chi connectivity index (χ3v) is 4.10. The monoisotopic (exact) mass is 406 g/mol. The van der Waals surface area contributed by atoms with Gasteiger partial charge in [0.05, 0.1) is 18.8 Å². The summed E-state index contributed by atoms with van der Waals surface area (Å²) in [5, 5.41) is 2.70. The van der Waals surface area contributed by atoms with Crippen LogP contribution in [-0.4, -0.2) is 49.1 Å². The van der Waals surface area contributed by atoms with Crippen LogP contribution in [0.3, 0.4) is 0 Å². The zero-order chi connectivity index (χ0) is 15.4. The predicted octanol–water partition coefficient (Wildman–Crippen LogP) is 1.41. The molecule has 1 aromatic rings. The predicted molar refractivity (Wildman–Crippen MR) is 83.4 cm³/mol. The summed E-state index contributed by atoms with van der Waals surface area (Å²) in [6.07, 6.45) is 0. The van der Waals surface area contributed by atoms with Gasteiger partial charge in [0.2, 0.25) is 5.91 Å². The Bertz CT molecular complexity index is 553. The van der Waals surface area contributed by atoms with Gasteiger partial charge < -0.3 is 15.0 Å². The van der Waals surface area contributed by atoms with Crippen molar-refractivity contribution in [1.29, 1.82) is 0 Å². The zero-order valence-electron chi connectivity index (χ0n) is 11.6. The van der Waals surface area contributed by atoms with Crippen LogP contribution in [0.25, 0.3) is 0 Å². The molecule has 2 rings (SSSR count). The van der Waals surface area contributed by atoms with Gasteiger partial charge in [0.15, 0.2) is 0 Å². The molecule has 1 unspecified atom stereocenters. The highest BCUT2D eigenvalue weighted by atomic mass is 127. The van der Waals surface area contributed by atoms with Gasteiger partial charge >= 0.3 is 0 Å². The summed E-state index contributed by atoms with van der Waals surface area (Å²) >= 11 is 1.92. The van der Waals surface area contributed by atoms with Gasteiger partial charge in [-0.05, 0) is 47.7 Å². The molecule has 0 aromatic heterocycles. The van der Waals surface area contributed by atoms with Gasteiger partial charge in [-0.15, -0.1) is 0 Å². The second kappa shape index (κ2) is 7.17. The number of morpholine rings is 1. The van der Waals surface area contributed by atoms with E-state index in [1.165, 1.54) is 23.1 Å². The first-order valence-corrected chi connectivity index (χ1v) is 7.74. The SMILES string of the molecule is CCNC(=O)C1COCCN1C(=O)c1ccc(F)cc1I. The van der Waals surface area contributed by atoms with E-state index >= 15 is 0 Å². The number of benzene rings is 1. The van der Waals surface area contributed by atoms with E-state index < -0.39 is 11.9 Å². The van der Waals surface area contributed by atoms with Crippen molar-refractivity contribution < 1.29 is 18.7 Å². The molecule has 1 aliphatic heterocycles. The third-order valence-electron chi connectivity index (χ3n) is 3.20. The molecule has 21 heavy (non-hydrogen) atoms. The van der Waals surface area contributed by atoms with Crippen molar-refractivity contribution in [2.75, 3.05) is 26.3 Å². The molecule has 1 aromatic carbocycles. The van der Waals surface area contributed by atoms with Crippen molar-refractivity contribution >= 4 is 34.4 Å². The number of carbonyl (C=O) groups excluding carboxylic acids is 2. The van der Waals surface area contributed by atoms with E-state index in [1.807, 2.05) is 29.5 Å². The molecule has 0 bridgehead atoms. The van der Waals surface area contributed by atoms with Crippen LogP contribution < -0.4 is 5.32 Å². The molecule has 1 saturated heterocycles. The smallest absolute Gasteiger partial charge is 0.255 e. The normalized spacial score (nSPS) is 18.4. The molecule has 1 atom stereocenters. The van der Waals surface area contributed by atoms with Crippen molar-refractivity contribution in [3.05, 3.63) is 33.1 Å². The first-order valence-electron chi connectivity index (χ1n) is 6.66. The standard InChI is InChI=1S/C14H16FIN2O3/c1-2-17-13(19)12-8-21-6-5-18(12)14(20)10-4-3-9(15)7-11(10)16/h3-4,7,12H,2,5-6,8H2,1H3,(H,17,19). The minimum absolute atomic E-state index is 0.176. The molecule has 2 amide bonds. The molecule has 0 saturated carbocycles. The van der Waals surface area contributed by atoms with Crippen LogP contribution in [0.1, 0.15) is 17.3 Å². The number of nitrogens with zero attached hydrogens (tertiary/aromatic N) is 1. The second-order valence-electron chi connectivity index (χ2n) is 4.61. The van der Waals surface area contributed by atoms with Gasteiger partial charge in [-0.1, -0.05) is 0 Å². The van der Waals surface area contributed by atoms with Crippen molar-refractivity contribution in [1.82, 2.24) is 10.2 Å². The number of amides is 2. The molecule has 0 spiro atoms. The molecular formula is C14H16FIN2O3. The van der Waals surface area contributed by atoms with Gasteiger partial charge in [0.25, 0.3) is 5.91 Å². The largest absolute Gasteiger partial charge is 0.377 e. The Balaban J connectivity index is 2.24. The van der Waals surface area contributed by atoms with Crippen LogP contribution in [0.4, 0.5) is 4.39 Å². The number of halogens is 2. The summed E-state index contributed by atoms with van der Waals surface area (Å²) in [5.74, 6) is -0.903. The van der Waals surface area contributed by atoms with E-state index in [-0.39, 0.29) is 18.4 Å². The number of hydrogen-bond donors (Lipinski definition) is 1. The number of hydrogen-bond acceptors (Lipinski definition) is 3. The minimum Gasteiger partial charge on any atom is -0.377 e. The van der Waals surface area contributed by atoms with Gasteiger partial charge in [-0.2, -0.15) is 0 Å². The number of rotatable bonds is 3. The van der Waals surface area contributed by atoms with Crippen LogP contribution in [-0.2, 0) is 9.53 Å². The lowest BCUT2D eigenvalue weighted by Gasteiger charge is -2.34. The van der Waals surface area contributed by atoms with E-state index in [1.54, 1.807) is 0 Å². The van der Waals surface area contributed by atoms with Gasteiger partial charge in [0.1, 0.15) is 11.9 Å². The van der Waals surface area contributed by atoms with E-state index in [0.29, 0.717) is 28.8 Å². The zero-order valence-corrected chi connectivity index (χ0v) is 13.7. The van der Waals surface area contributed by atoms with Gasteiger partial charge in [0, 0.05) is 16.7 Å². The van der Waals surface area contributed by atoms with Crippen LogP contribution >= 0.6 is 22.6 Å². The van der Waals surface area contributed by atoms with E-state index in [4.69, 9.17) is 4.74 Å². The lowest BCUT2D eigenvalue weighted by atomic mass is 10.1. The fourth-order valence-electron chi connectivity index (χ4n) is 2.17. The molecule has 1 N–H and O–H groups in total. The van der Waals surface area contributed by atoms with Crippen molar-refractivity contribution in [3.8, 4) is 0 Å². The van der Waals surface area contributed by atoms with Crippen LogP contribution in [0.2, 0.25) is 0 Å².